The van der Waals surface area contributed by atoms with Gasteiger partial charge in [0.1, 0.15) is 5.60 Å². The molecular formula is C19H22O3S. The van der Waals surface area contributed by atoms with Crippen LogP contribution in [0.4, 0.5) is 0 Å². The molecule has 5 rings (SSSR count). The van der Waals surface area contributed by atoms with Crippen molar-refractivity contribution in [2.45, 2.75) is 23.5 Å². The summed E-state index contributed by atoms with van der Waals surface area (Å²) in [4.78, 5) is 13.5. The second kappa shape index (κ2) is 5.20. The Hall–Kier alpha value is -1.10. The van der Waals surface area contributed by atoms with Gasteiger partial charge in [0.15, 0.2) is 5.60 Å². The highest BCUT2D eigenvalue weighted by Gasteiger charge is 2.69. The number of benzene rings is 1. The van der Waals surface area contributed by atoms with Crippen LogP contribution in [0, 0.1) is 11.8 Å². The minimum Gasteiger partial charge on any atom is -0.369 e. The van der Waals surface area contributed by atoms with E-state index in [9.17, 15) is 4.79 Å². The van der Waals surface area contributed by atoms with Crippen molar-refractivity contribution < 1.29 is 14.3 Å². The van der Waals surface area contributed by atoms with E-state index in [2.05, 4.69) is 30.3 Å². The van der Waals surface area contributed by atoms with Crippen molar-refractivity contribution >= 4 is 17.5 Å². The Morgan fingerprint density at radius 2 is 2.04 bits per heavy atom. The highest BCUT2D eigenvalue weighted by atomic mass is 32.2. The largest absolute Gasteiger partial charge is 0.369 e. The molecule has 4 heteroatoms. The van der Waals surface area contributed by atoms with Crippen molar-refractivity contribution in [2.75, 3.05) is 26.2 Å². The predicted octanol–water partition coefficient (Wildman–Crippen LogP) is 2.84. The van der Waals surface area contributed by atoms with Crippen LogP contribution in [0.2, 0.25) is 0 Å². The van der Waals surface area contributed by atoms with E-state index in [1.54, 1.807) is 26.0 Å². The molecule has 0 aliphatic heterocycles. The first-order chi connectivity index (χ1) is 11.1. The molecule has 0 unspecified atom stereocenters. The molecule has 0 amide bonds. The third-order valence-corrected chi connectivity index (χ3v) is 6.83. The standard InChI is InChI=1S/C19H22O3S/c1-21-18-9-8-14(19(22-2,11-23-3)17(18)20)16-13-7-5-4-6-12(13)10-15(16)18/h4-9,14-16H,10-11H2,1-3H3/t14-,15-,16-,18+,19-/m0/s1. The van der Waals surface area contributed by atoms with Crippen molar-refractivity contribution in [1.29, 1.82) is 0 Å². The van der Waals surface area contributed by atoms with Gasteiger partial charge in [0.25, 0.3) is 0 Å². The Morgan fingerprint density at radius 1 is 1.26 bits per heavy atom. The number of methoxy groups -OCH3 is 2. The van der Waals surface area contributed by atoms with E-state index >= 15 is 0 Å². The van der Waals surface area contributed by atoms with E-state index in [-0.39, 0.29) is 17.6 Å². The second-order valence-electron chi connectivity index (χ2n) is 6.77. The number of ether oxygens (including phenoxy) is 2. The van der Waals surface area contributed by atoms with Crippen LogP contribution in [-0.2, 0) is 20.7 Å². The molecule has 1 aromatic rings. The van der Waals surface area contributed by atoms with Crippen molar-refractivity contribution in [2.24, 2.45) is 11.8 Å². The lowest BCUT2D eigenvalue weighted by Crippen LogP contribution is -2.70. The van der Waals surface area contributed by atoms with Crippen LogP contribution < -0.4 is 0 Å². The Bertz CT molecular complexity index is 685. The normalized spacial score (nSPS) is 40.3. The number of Topliss-reactive ketones (excluding diaryl/α,β-unsaturated/α-hetero) is 1. The van der Waals surface area contributed by atoms with Crippen molar-refractivity contribution in [3.63, 3.8) is 0 Å². The minimum atomic E-state index is -0.857. The number of carbonyl (C=O) groups is 1. The van der Waals surface area contributed by atoms with Crippen LogP contribution >= 0.6 is 11.8 Å². The van der Waals surface area contributed by atoms with Gasteiger partial charge in [-0.2, -0.15) is 11.8 Å². The number of hydrogen-bond acceptors (Lipinski definition) is 4. The average molecular weight is 330 g/mol. The Labute approximate surface area is 141 Å². The molecule has 3 nitrogen and oxygen atoms in total. The maximum absolute atomic E-state index is 13.5. The summed E-state index contributed by atoms with van der Waals surface area (Å²) in [6, 6.07) is 8.57. The summed E-state index contributed by atoms with van der Waals surface area (Å²) in [6.07, 6.45) is 7.11. The van der Waals surface area contributed by atoms with Crippen LogP contribution in [0.25, 0.3) is 0 Å². The first-order valence-corrected chi connectivity index (χ1v) is 9.45. The number of rotatable bonds is 4. The highest BCUT2D eigenvalue weighted by Crippen LogP contribution is 2.61. The van der Waals surface area contributed by atoms with Crippen molar-refractivity contribution in [3.05, 3.63) is 47.5 Å². The van der Waals surface area contributed by atoms with E-state index in [4.69, 9.17) is 9.47 Å². The fourth-order valence-corrected chi connectivity index (χ4v) is 6.00. The van der Waals surface area contributed by atoms with Gasteiger partial charge in [0.05, 0.1) is 0 Å². The molecule has 0 N–H and O–H groups in total. The highest BCUT2D eigenvalue weighted by molar-refractivity contribution is 7.98. The topological polar surface area (TPSA) is 35.5 Å². The number of thioether (sulfide) groups is 1. The Balaban J connectivity index is 1.93. The molecule has 2 bridgehead atoms. The zero-order valence-electron chi connectivity index (χ0n) is 13.7. The third-order valence-electron chi connectivity index (χ3n) is 6.11. The minimum absolute atomic E-state index is 0.0816. The molecule has 0 spiro atoms. The van der Waals surface area contributed by atoms with Crippen LogP contribution in [0.3, 0.4) is 0 Å². The molecule has 1 fully saturated rings. The molecule has 4 aliphatic carbocycles. The molecule has 5 atom stereocenters. The lowest BCUT2D eigenvalue weighted by molar-refractivity contribution is -0.184. The fraction of sp³-hybridized carbons (Fsp3) is 0.526. The molecule has 4 aliphatic rings. The summed E-state index contributed by atoms with van der Waals surface area (Å²) in [5.74, 6) is 1.32. The summed E-state index contributed by atoms with van der Waals surface area (Å²) in [5, 5.41) is 0. The fourth-order valence-electron chi connectivity index (χ4n) is 5.13. The van der Waals surface area contributed by atoms with E-state index in [0.29, 0.717) is 11.7 Å². The van der Waals surface area contributed by atoms with Crippen molar-refractivity contribution in [3.8, 4) is 0 Å². The van der Waals surface area contributed by atoms with E-state index in [1.807, 2.05) is 12.3 Å². The molecule has 1 saturated carbocycles. The second-order valence-corrected chi connectivity index (χ2v) is 7.64. The number of hydrogen-bond donors (Lipinski definition) is 0. The van der Waals surface area contributed by atoms with Gasteiger partial charge in [0, 0.05) is 37.7 Å². The van der Waals surface area contributed by atoms with Gasteiger partial charge < -0.3 is 9.47 Å². The summed E-state index contributed by atoms with van der Waals surface area (Å²) >= 11 is 1.66. The zero-order valence-corrected chi connectivity index (χ0v) is 14.6. The van der Waals surface area contributed by atoms with Gasteiger partial charge in [-0.05, 0) is 29.9 Å². The van der Waals surface area contributed by atoms with Gasteiger partial charge in [-0.3, -0.25) is 4.79 Å². The van der Waals surface area contributed by atoms with E-state index < -0.39 is 11.2 Å². The molecule has 122 valence electrons. The van der Waals surface area contributed by atoms with Gasteiger partial charge >= 0.3 is 0 Å². The Morgan fingerprint density at radius 3 is 2.74 bits per heavy atom. The molecule has 0 heterocycles. The third kappa shape index (κ3) is 1.72. The van der Waals surface area contributed by atoms with Crippen LogP contribution in [0.1, 0.15) is 17.0 Å². The molecule has 0 aromatic heterocycles. The number of ketones is 1. The summed E-state index contributed by atoms with van der Waals surface area (Å²) in [7, 11) is 3.33. The van der Waals surface area contributed by atoms with E-state index in [1.165, 1.54) is 11.1 Å². The smallest absolute Gasteiger partial charge is 0.201 e. The molecule has 0 radical (unpaired) electrons. The maximum atomic E-state index is 13.5. The first-order valence-electron chi connectivity index (χ1n) is 8.06. The van der Waals surface area contributed by atoms with Crippen LogP contribution in [-0.4, -0.2) is 43.2 Å². The summed E-state index contributed by atoms with van der Waals surface area (Å²) in [6.45, 7) is 0. The van der Waals surface area contributed by atoms with E-state index in [0.717, 1.165) is 6.42 Å². The van der Waals surface area contributed by atoms with Crippen LogP contribution in [0.15, 0.2) is 36.4 Å². The zero-order chi connectivity index (χ0) is 16.2. The monoisotopic (exact) mass is 330 g/mol. The van der Waals surface area contributed by atoms with Gasteiger partial charge in [0.2, 0.25) is 5.78 Å². The summed E-state index contributed by atoms with van der Waals surface area (Å²) < 4.78 is 11.8. The maximum Gasteiger partial charge on any atom is 0.201 e. The molecule has 1 aromatic carbocycles. The van der Waals surface area contributed by atoms with Gasteiger partial charge in [-0.25, -0.2) is 0 Å². The predicted molar refractivity (Wildman–Crippen MR) is 91.9 cm³/mol. The lowest BCUT2D eigenvalue weighted by atomic mass is 9.53. The molecular weight excluding hydrogens is 308 g/mol. The molecule has 0 saturated heterocycles. The Kier molecular flexibility index (Phi) is 3.49. The first kappa shape index (κ1) is 15.4. The van der Waals surface area contributed by atoms with Crippen LogP contribution in [0.5, 0.6) is 0 Å². The summed E-state index contributed by atoms with van der Waals surface area (Å²) in [5.41, 5.74) is 1.07. The molecule has 23 heavy (non-hydrogen) atoms. The lowest BCUT2D eigenvalue weighted by Gasteiger charge is -2.56. The number of carbonyl (C=O) groups excluding carboxylic acids is 1. The van der Waals surface area contributed by atoms with Crippen molar-refractivity contribution in [1.82, 2.24) is 0 Å². The van der Waals surface area contributed by atoms with Gasteiger partial charge in [-0.1, -0.05) is 30.3 Å². The average Bonchev–Trinajstić information content (AvgIpc) is 2.99. The quantitative estimate of drug-likeness (QED) is 0.795. The number of fused-ring (bicyclic) bond motifs is 2. The van der Waals surface area contributed by atoms with Gasteiger partial charge in [-0.15, -0.1) is 0 Å². The SMILES string of the molecule is CO[C@]12C=C[C@@H]([C@@H]3c4ccccc4C[C@@H]31)[C@](CSC)(OC)C2=O.